The van der Waals surface area contributed by atoms with Crippen LogP contribution in [0.3, 0.4) is 0 Å². The zero-order valence-corrected chi connectivity index (χ0v) is 23.8. The zero-order valence-electron chi connectivity index (χ0n) is 23.8. The highest BCUT2D eigenvalue weighted by atomic mass is 19.4. The van der Waals surface area contributed by atoms with E-state index in [1.165, 1.54) is 17.3 Å². The van der Waals surface area contributed by atoms with Gasteiger partial charge in [-0.1, -0.05) is 26.8 Å². The van der Waals surface area contributed by atoms with Crippen molar-refractivity contribution in [2.45, 2.75) is 46.0 Å². The quantitative estimate of drug-likeness (QED) is 0.341. The van der Waals surface area contributed by atoms with Gasteiger partial charge in [-0.2, -0.15) is 23.4 Å². The van der Waals surface area contributed by atoms with Crippen LogP contribution in [0, 0.1) is 5.41 Å². The van der Waals surface area contributed by atoms with E-state index in [9.17, 15) is 23.1 Å². The number of nitrogens with zero attached hydrogens (tertiary/aromatic N) is 8. The summed E-state index contributed by atoms with van der Waals surface area (Å²) in [4.78, 5) is 24.6. The molecule has 4 aromatic heterocycles. The summed E-state index contributed by atoms with van der Waals surface area (Å²) in [5, 5.41) is 18.8. The molecule has 1 aliphatic heterocycles. The molecule has 1 unspecified atom stereocenters. The van der Waals surface area contributed by atoms with Crippen LogP contribution in [0.4, 0.5) is 23.8 Å². The molecule has 1 aliphatic rings. The molecule has 0 spiro atoms. The minimum Gasteiger partial charge on any atom is -0.465 e. The number of aromatic nitrogens is 6. The number of carbonyl (C=O) groups is 1. The van der Waals surface area contributed by atoms with Gasteiger partial charge in [-0.05, 0) is 30.5 Å². The van der Waals surface area contributed by atoms with Gasteiger partial charge in [0.05, 0.1) is 36.8 Å². The summed E-state index contributed by atoms with van der Waals surface area (Å²) in [7, 11) is 0. The minimum atomic E-state index is -4.38. The van der Waals surface area contributed by atoms with Gasteiger partial charge in [-0.3, -0.25) is 9.67 Å². The molecule has 42 heavy (non-hydrogen) atoms. The van der Waals surface area contributed by atoms with Crippen LogP contribution >= 0.6 is 0 Å². The van der Waals surface area contributed by atoms with E-state index in [0.29, 0.717) is 48.1 Å². The molecule has 0 saturated carbocycles. The number of amides is 1. The number of fused-ring (bicyclic) bond motifs is 1. The molecule has 11 nitrogen and oxygen atoms in total. The smallest absolute Gasteiger partial charge is 0.408 e. The van der Waals surface area contributed by atoms with Gasteiger partial charge in [-0.15, -0.1) is 0 Å². The van der Waals surface area contributed by atoms with Crippen LogP contribution in [-0.4, -0.2) is 90.2 Å². The Hall–Kier alpha value is -4.20. The number of pyridine rings is 2. The number of anilines is 1. The van der Waals surface area contributed by atoms with E-state index < -0.39 is 24.4 Å². The van der Waals surface area contributed by atoms with E-state index in [-0.39, 0.29) is 18.5 Å². The third-order valence-electron chi connectivity index (χ3n) is 6.80. The first-order valence-corrected chi connectivity index (χ1v) is 13.5. The van der Waals surface area contributed by atoms with Crippen molar-refractivity contribution in [2.24, 2.45) is 5.41 Å². The topological polar surface area (TPSA) is 114 Å². The van der Waals surface area contributed by atoms with E-state index >= 15 is 0 Å². The average Bonchev–Trinajstić information content (AvgIpc) is 3.49. The van der Waals surface area contributed by atoms with Gasteiger partial charge < -0.3 is 19.6 Å². The molecular weight excluding hydrogens is 553 g/mol. The Labute approximate surface area is 240 Å². The maximum atomic E-state index is 12.8. The summed E-state index contributed by atoms with van der Waals surface area (Å²) in [6.45, 7) is 8.76. The molecule has 14 heteroatoms. The summed E-state index contributed by atoms with van der Waals surface area (Å²) >= 11 is 0. The predicted octanol–water partition coefficient (Wildman–Crippen LogP) is 4.86. The minimum absolute atomic E-state index is 0.0990. The number of alkyl halides is 3. The third kappa shape index (κ3) is 6.81. The predicted molar refractivity (Wildman–Crippen MR) is 150 cm³/mol. The SMILES string of the molecule is CC(C)(C)COC1(C)CN(C(=O)O)CCN(c2cccc(-n3ncc4cnc(-c5cnn(CC(F)(F)F)c5)cc43)n2)C1. The highest BCUT2D eigenvalue weighted by Crippen LogP contribution is 2.28. The van der Waals surface area contributed by atoms with E-state index in [0.717, 1.165) is 10.1 Å². The standard InChI is InChI=1S/C28H33F3N8O3/c1-26(2,3)18-42-27(4)15-36(8-9-37(16-27)25(40)41)23-6-5-7-24(35-23)39-22-10-21(32-11-19(22)12-34-39)20-13-33-38(14-20)17-28(29,30)31/h5-7,10-14H,8-9,15-18H2,1-4H3,(H,40,41). The van der Waals surface area contributed by atoms with Crippen LogP contribution < -0.4 is 4.90 Å². The molecule has 1 atom stereocenters. The molecule has 1 saturated heterocycles. The van der Waals surface area contributed by atoms with Crippen molar-refractivity contribution in [2.75, 3.05) is 37.7 Å². The van der Waals surface area contributed by atoms with Crippen LogP contribution in [0.5, 0.6) is 0 Å². The fraction of sp³-hybridized carbons (Fsp3) is 0.464. The van der Waals surface area contributed by atoms with Crippen molar-refractivity contribution < 1.29 is 27.8 Å². The van der Waals surface area contributed by atoms with Crippen molar-refractivity contribution in [3.8, 4) is 17.1 Å². The van der Waals surface area contributed by atoms with E-state index in [1.54, 1.807) is 29.2 Å². The summed E-state index contributed by atoms with van der Waals surface area (Å²) in [6.07, 6.45) is 0.512. The van der Waals surface area contributed by atoms with Gasteiger partial charge >= 0.3 is 12.3 Å². The maximum Gasteiger partial charge on any atom is 0.408 e. The van der Waals surface area contributed by atoms with Gasteiger partial charge in [0.1, 0.15) is 18.0 Å². The molecule has 5 rings (SSSR count). The van der Waals surface area contributed by atoms with Crippen molar-refractivity contribution in [1.82, 2.24) is 34.4 Å². The lowest BCUT2D eigenvalue weighted by atomic mass is 9.97. The molecule has 1 fully saturated rings. The molecule has 0 aromatic carbocycles. The summed E-state index contributed by atoms with van der Waals surface area (Å²) in [5.74, 6) is 1.15. The van der Waals surface area contributed by atoms with Crippen LogP contribution in [0.25, 0.3) is 28.0 Å². The highest BCUT2D eigenvalue weighted by molar-refractivity contribution is 5.83. The maximum absolute atomic E-state index is 12.8. The van der Waals surface area contributed by atoms with Gasteiger partial charge in [-0.25, -0.2) is 14.5 Å². The van der Waals surface area contributed by atoms with Crippen molar-refractivity contribution >= 4 is 22.8 Å². The van der Waals surface area contributed by atoms with Crippen LogP contribution in [0.1, 0.15) is 27.7 Å². The number of halogens is 3. The first-order valence-electron chi connectivity index (χ1n) is 13.5. The normalized spacial score (nSPS) is 18.5. The van der Waals surface area contributed by atoms with Gasteiger partial charge in [0, 0.05) is 43.0 Å². The van der Waals surface area contributed by atoms with Gasteiger partial charge in [0.25, 0.3) is 0 Å². The average molecular weight is 587 g/mol. The van der Waals surface area contributed by atoms with E-state index in [4.69, 9.17) is 9.72 Å². The number of rotatable bonds is 6. The molecule has 0 bridgehead atoms. The molecule has 1 N–H and O–H groups in total. The fourth-order valence-corrected chi connectivity index (χ4v) is 4.83. The lowest BCUT2D eigenvalue weighted by molar-refractivity contribution is -0.142. The van der Waals surface area contributed by atoms with Crippen molar-refractivity contribution in [3.63, 3.8) is 0 Å². The Balaban J connectivity index is 1.44. The fourth-order valence-electron chi connectivity index (χ4n) is 4.83. The second-order valence-electron chi connectivity index (χ2n) is 12.0. The number of hydrogen-bond donors (Lipinski definition) is 1. The van der Waals surface area contributed by atoms with Gasteiger partial charge in [0.15, 0.2) is 5.82 Å². The van der Waals surface area contributed by atoms with Crippen molar-refractivity contribution in [3.05, 3.63) is 49.1 Å². The Morgan fingerprint density at radius 1 is 1.07 bits per heavy atom. The van der Waals surface area contributed by atoms with E-state index in [1.807, 2.05) is 24.0 Å². The summed E-state index contributed by atoms with van der Waals surface area (Å²) < 4.78 is 47.2. The zero-order chi connectivity index (χ0) is 30.3. The Morgan fingerprint density at radius 2 is 1.83 bits per heavy atom. The van der Waals surface area contributed by atoms with Crippen LogP contribution in [0.2, 0.25) is 0 Å². The molecule has 0 radical (unpaired) electrons. The van der Waals surface area contributed by atoms with Crippen LogP contribution in [0.15, 0.2) is 49.1 Å². The molecule has 5 heterocycles. The highest BCUT2D eigenvalue weighted by Gasteiger charge is 2.37. The monoisotopic (exact) mass is 586 g/mol. The molecule has 0 aliphatic carbocycles. The largest absolute Gasteiger partial charge is 0.465 e. The second kappa shape index (κ2) is 10.9. The van der Waals surface area contributed by atoms with Crippen LogP contribution in [-0.2, 0) is 11.3 Å². The van der Waals surface area contributed by atoms with Gasteiger partial charge in [0.2, 0.25) is 0 Å². The summed E-state index contributed by atoms with van der Waals surface area (Å²) in [6, 6.07) is 7.24. The first-order chi connectivity index (χ1) is 19.7. The second-order valence-corrected chi connectivity index (χ2v) is 12.0. The molecular formula is C28H33F3N8O3. The third-order valence-corrected chi connectivity index (χ3v) is 6.80. The van der Waals surface area contributed by atoms with Crippen molar-refractivity contribution in [1.29, 1.82) is 0 Å². The lowest BCUT2D eigenvalue weighted by Gasteiger charge is -2.36. The Morgan fingerprint density at radius 3 is 2.55 bits per heavy atom. The molecule has 224 valence electrons. The Bertz CT molecular complexity index is 1580. The number of hydrogen-bond acceptors (Lipinski definition) is 7. The molecule has 4 aromatic rings. The first kappa shape index (κ1) is 29.3. The van der Waals surface area contributed by atoms with E-state index in [2.05, 4.69) is 36.0 Å². The number of ether oxygens (including phenoxy) is 1. The molecule has 1 amide bonds. The lowest BCUT2D eigenvalue weighted by Crippen LogP contribution is -2.49. The number of carboxylic acid groups (broad SMARTS) is 1. The Kier molecular flexibility index (Phi) is 7.60. The summed E-state index contributed by atoms with van der Waals surface area (Å²) in [5.41, 5.74) is 0.687.